The largest absolute Gasteiger partial charge is 0.349 e. The molecule has 1 heterocycles. The summed E-state index contributed by atoms with van der Waals surface area (Å²) >= 11 is 13.5. The minimum Gasteiger partial charge on any atom is -0.349 e. The number of hydrogen-bond donors (Lipinski definition) is 1. The van der Waals surface area contributed by atoms with E-state index >= 15 is 0 Å². The average molecular weight is 421 g/mol. The van der Waals surface area contributed by atoms with E-state index < -0.39 is 0 Å². The van der Waals surface area contributed by atoms with Gasteiger partial charge in [0.15, 0.2) is 11.0 Å². The minimum atomic E-state index is -0.0644. The first-order chi connectivity index (χ1) is 13.0. The van der Waals surface area contributed by atoms with Crippen molar-refractivity contribution in [2.45, 2.75) is 18.1 Å². The van der Waals surface area contributed by atoms with Crippen molar-refractivity contribution in [3.05, 3.63) is 64.1 Å². The number of hydrogen-bond acceptors (Lipinski definition) is 4. The van der Waals surface area contributed by atoms with Crippen LogP contribution in [0.2, 0.25) is 10.0 Å². The van der Waals surface area contributed by atoms with E-state index in [4.69, 9.17) is 23.2 Å². The molecule has 0 saturated carbocycles. The molecule has 1 N–H and O–H groups in total. The first-order valence-electron chi connectivity index (χ1n) is 8.27. The number of amides is 1. The Bertz CT molecular complexity index is 946. The van der Waals surface area contributed by atoms with Gasteiger partial charge in [-0.25, -0.2) is 0 Å². The SMILES string of the molecule is CC(NC(=O)CSc1nnc(-c2ccc(Cl)cc2Cl)n1C)c1ccccc1. The second-order valence-corrected chi connectivity index (χ2v) is 7.76. The van der Waals surface area contributed by atoms with E-state index in [-0.39, 0.29) is 17.7 Å². The van der Waals surface area contributed by atoms with E-state index in [1.54, 1.807) is 18.2 Å². The van der Waals surface area contributed by atoms with Crippen LogP contribution in [-0.2, 0) is 11.8 Å². The molecule has 0 bridgehead atoms. The van der Waals surface area contributed by atoms with Crippen molar-refractivity contribution < 1.29 is 4.79 Å². The Morgan fingerprint density at radius 3 is 2.63 bits per heavy atom. The molecule has 3 aromatic rings. The summed E-state index contributed by atoms with van der Waals surface area (Å²) in [6, 6.07) is 15.0. The molecule has 8 heteroatoms. The zero-order valence-corrected chi connectivity index (χ0v) is 17.1. The maximum atomic E-state index is 12.3. The van der Waals surface area contributed by atoms with E-state index in [1.807, 2.05) is 48.9 Å². The van der Waals surface area contributed by atoms with Crippen LogP contribution in [0.3, 0.4) is 0 Å². The van der Waals surface area contributed by atoms with E-state index in [2.05, 4.69) is 15.5 Å². The molecule has 0 aliphatic carbocycles. The number of carbonyl (C=O) groups excluding carboxylic acids is 1. The second-order valence-electron chi connectivity index (χ2n) is 5.98. The van der Waals surface area contributed by atoms with Crippen LogP contribution in [0, 0.1) is 0 Å². The smallest absolute Gasteiger partial charge is 0.230 e. The molecule has 0 radical (unpaired) electrons. The lowest BCUT2D eigenvalue weighted by Gasteiger charge is -2.14. The summed E-state index contributed by atoms with van der Waals surface area (Å²) in [6.45, 7) is 1.96. The molecule has 1 aromatic heterocycles. The molecule has 0 aliphatic rings. The number of nitrogens with one attached hydrogen (secondary N) is 1. The molecule has 1 amide bonds. The zero-order valence-electron chi connectivity index (χ0n) is 14.8. The standard InChI is InChI=1S/C19H18Cl2N4OS/c1-12(13-6-4-3-5-7-13)22-17(26)11-27-19-24-23-18(25(19)2)15-9-8-14(20)10-16(15)21/h3-10,12H,11H2,1-2H3,(H,22,26). The molecular weight excluding hydrogens is 403 g/mol. The van der Waals surface area contributed by atoms with Crippen LogP contribution in [0.25, 0.3) is 11.4 Å². The summed E-state index contributed by atoms with van der Waals surface area (Å²) in [7, 11) is 1.84. The number of rotatable bonds is 6. The predicted molar refractivity (Wildman–Crippen MR) is 110 cm³/mol. The lowest BCUT2D eigenvalue weighted by Crippen LogP contribution is -2.28. The van der Waals surface area contributed by atoms with E-state index in [0.29, 0.717) is 21.0 Å². The predicted octanol–water partition coefficient (Wildman–Crippen LogP) is 4.76. The third-order valence-electron chi connectivity index (χ3n) is 4.02. The monoisotopic (exact) mass is 420 g/mol. The number of nitrogens with zero attached hydrogens (tertiary/aromatic N) is 3. The fourth-order valence-corrected chi connectivity index (χ4v) is 3.80. The highest BCUT2D eigenvalue weighted by Crippen LogP contribution is 2.30. The summed E-state index contributed by atoms with van der Waals surface area (Å²) < 4.78 is 1.81. The topological polar surface area (TPSA) is 59.8 Å². The Balaban J connectivity index is 1.63. The molecule has 3 rings (SSSR count). The molecule has 1 atom stereocenters. The van der Waals surface area contributed by atoms with Crippen LogP contribution in [0.5, 0.6) is 0 Å². The van der Waals surface area contributed by atoms with Gasteiger partial charge in [-0.2, -0.15) is 0 Å². The Morgan fingerprint density at radius 1 is 1.19 bits per heavy atom. The highest BCUT2D eigenvalue weighted by Gasteiger charge is 2.16. The first-order valence-corrected chi connectivity index (χ1v) is 10.0. The lowest BCUT2D eigenvalue weighted by molar-refractivity contribution is -0.119. The van der Waals surface area contributed by atoms with Crippen molar-refractivity contribution in [3.8, 4) is 11.4 Å². The fourth-order valence-electron chi connectivity index (χ4n) is 2.58. The van der Waals surface area contributed by atoms with Gasteiger partial charge in [-0.05, 0) is 30.7 Å². The van der Waals surface area contributed by atoms with E-state index in [0.717, 1.165) is 11.1 Å². The Hall–Kier alpha value is -2.02. The van der Waals surface area contributed by atoms with Gasteiger partial charge in [0.25, 0.3) is 0 Å². The first kappa shape index (κ1) is 19.7. The summed E-state index contributed by atoms with van der Waals surface area (Å²) in [4.78, 5) is 12.3. The van der Waals surface area contributed by atoms with Gasteiger partial charge in [-0.15, -0.1) is 10.2 Å². The quantitative estimate of drug-likeness (QED) is 0.583. The Morgan fingerprint density at radius 2 is 1.93 bits per heavy atom. The summed E-state index contributed by atoms with van der Waals surface area (Å²) in [5.74, 6) is 0.806. The highest BCUT2D eigenvalue weighted by molar-refractivity contribution is 7.99. The Kier molecular flexibility index (Phi) is 6.42. The molecule has 5 nitrogen and oxygen atoms in total. The molecule has 0 saturated heterocycles. The van der Waals surface area contributed by atoms with Crippen LogP contribution in [0.15, 0.2) is 53.7 Å². The van der Waals surface area contributed by atoms with Gasteiger partial charge in [0.1, 0.15) is 0 Å². The van der Waals surface area contributed by atoms with Crippen LogP contribution < -0.4 is 5.32 Å². The molecule has 2 aromatic carbocycles. The van der Waals surface area contributed by atoms with Crippen LogP contribution in [-0.4, -0.2) is 26.4 Å². The van der Waals surface area contributed by atoms with Crippen molar-refractivity contribution in [1.29, 1.82) is 0 Å². The number of halogens is 2. The van der Waals surface area contributed by atoms with Gasteiger partial charge >= 0.3 is 0 Å². The maximum Gasteiger partial charge on any atom is 0.230 e. The van der Waals surface area contributed by atoms with Gasteiger partial charge in [-0.3, -0.25) is 4.79 Å². The Labute approximate surface area is 172 Å². The third-order valence-corrected chi connectivity index (χ3v) is 5.58. The second kappa shape index (κ2) is 8.78. The molecule has 0 fully saturated rings. The van der Waals surface area contributed by atoms with Crippen molar-refractivity contribution in [3.63, 3.8) is 0 Å². The molecule has 1 unspecified atom stereocenters. The highest BCUT2D eigenvalue weighted by atomic mass is 35.5. The van der Waals surface area contributed by atoms with Crippen LogP contribution >= 0.6 is 35.0 Å². The normalized spacial score (nSPS) is 12.0. The van der Waals surface area contributed by atoms with E-state index in [9.17, 15) is 4.79 Å². The molecule has 140 valence electrons. The average Bonchev–Trinajstić information content (AvgIpc) is 3.01. The summed E-state index contributed by atoms with van der Waals surface area (Å²) in [5.41, 5.74) is 1.80. The van der Waals surface area contributed by atoms with E-state index in [1.165, 1.54) is 11.8 Å². The summed E-state index contributed by atoms with van der Waals surface area (Å²) in [6.07, 6.45) is 0. The van der Waals surface area contributed by atoms with Crippen molar-refractivity contribution in [2.75, 3.05) is 5.75 Å². The van der Waals surface area contributed by atoms with Crippen molar-refractivity contribution >= 4 is 40.9 Å². The number of aromatic nitrogens is 3. The minimum absolute atomic E-state index is 0.0535. The van der Waals surface area contributed by atoms with Gasteiger partial charge in [0.05, 0.1) is 16.8 Å². The van der Waals surface area contributed by atoms with Gasteiger partial charge < -0.3 is 9.88 Å². The van der Waals surface area contributed by atoms with Gasteiger partial charge in [-0.1, -0.05) is 65.3 Å². The number of carbonyl (C=O) groups is 1. The van der Waals surface area contributed by atoms with Gasteiger partial charge in [0.2, 0.25) is 5.91 Å². The van der Waals surface area contributed by atoms with Crippen LogP contribution in [0.1, 0.15) is 18.5 Å². The zero-order chi connectivity index (χ0) is 19.4. The molecular formula is C19H18Cl2N4OS. The van der Waals surface area contributed by atoms with Crippen LogP contribution in [0.4, 0.5) is 0 Å². The lowest BCUT2D eigenvalue weighted by atomic mass is 10.1. The number of thioether (sulfide) groups is 1. The number of benzene rings is 2. The molecule has 27 heavy (non-hydrogen) atoms. The maximum absolute atomic E-state index is 12.3. The van der Waals surface area contributed by atoms with Crippen molar-refractivity contribution in [1.82, 2.24) is 20.1 Å². The van der Waals surface area contributed by atoms with Crippen molar-refractivity contribution in [2.24, 2.45) is 7.05 Å². The summed E-state index contributed by atoms with van der Waals surface area (Å²) in [5, 5.41) is 13.1. The fraction of sp³-hybridized carbons (Fsp3) is 0.211. The third kappa shape index (κ3) is 4.83. The molecule has 0 spiro atoms. The molecule has 0 aliphatic heterocycles. The van der Waals surface area contributed by atoms with Gasteiger partial charge in [0, 0.05) is 17.6 Å².